The van der Waals surface area contributed by atoms with Gasteiger partial charge in [-0.1, -0.05) is 33.6 Å². The third-order valence-corrected chi connectivity index (χ3v) is 3.26. The molecule has 1 heterocycles. The van der Waals surface area contributed by atoms with Gasteiger partial charge in [0.05, 0.1) is 16.8 Å². The van der Waals surface area contributed by atoms with E-state index in [1.54, 1.807) is 18.2 Å². The number of rotatable bonds is 2. The smallest absolute Gasteiger partial charge is 0.305 e. The van der Waals surface area contributed by atoms with Gasteiger partial charge in [0, 0.05) is 15.1 Å². The first-order chi connectivity index (χ1) is 8.54. The molecule has 5 nitrogen and oxygen atoms in total. The van der Waals surface area contributed by atoms with Crippen molar-refractivity contribution in [2.24, 2.45) is 0 Å². The number of aromatic amines is 1. The molecule has 1 aromatic carbocycles. The van der Waals surface area contributed by atoms with Gasteiger partial charge in [0.1, 0.15) is 6.07 Å². The van der Waals surface area contributed by atoms with E-state index in [9.17, 15) is 10.1 Å². The van der Waals surface area contributed by atoms with Crippen LogP contribution in [0.2, 0.25) is 5.02 Å². The number of hydrogen-bond acceptors (Lipinski definition) is 3. The first-order valence-electron chi connectivity index (χ1n) is 4.76. The molecule has 1 aromatic heterocycles. The van der Waals surface area contributed by atoms with Gasteiger partial charge >= 0.3 is 5.69 Å². The first-order valence-corrected chi connectivity index (χ1v) is 5.93. The van der Waals surface area contributed by atoms with E-state index >= 15 is 0 Å². The second kappa shape index (κ2) is 4.80. The fourth-order valence-corrected chi connectivity index (χ4v) is 2.46. The quantitative estimate of drug-likeness (QED) is 0.671. The number of halogens is 2. The van der Waals surface area contributed by atoms with Gasteiger partial charge in [0.15, 0.2) is 5.56 Å². The van der Waals surface area contributed by atoms with Crippen LogP contribution in [0.5, 0.6) is 0 Å². The predicted molar refractivity (Wildman–Crippen MR) is 70.3 cm³/mol. The summed E-state index contributed by atoms with van der Waals surface area (Å²) in [5, 5.41) is 20.3. The van der Waals surface area contributed by atoms with E-state index < -0.39 is 4.92 Å². The van der Waals surface area contributed by atoms with E-state index in [1.165, 1.54) is 6.20 Å². The average molecular weight is 327 g/mol. The van der Waals surface area contributed by atoms with Crippen LogP contribution in [-0.2, 0) is 0 Å². The zero-order valence-electron chi connectivity index (χ0n) is 8.78. The van der Waals surface area contributed by atoms with E-state index in [2.05, 4.69) is 20.9 Å². The number of hydrogen-bond donors (Lipinski definition) is 1. The molecule has 0 saturated heterocycles. The summed E-state index contributed by atoms with van der Waals surface area (Å²) >= 11 is 9.13. The van der Waals surface area contributed by atoms with Crippen molar-refractivity contribution in [1.82, 2.24) is 4.98 Å². The number of benzene rings is 1. The maximum atomic E-state index is 10.8. The van der Waals surface area contributed by atoms with Crippen molar-refractivity contribution in [3.05, 3.63) is 49.6 Å². The molecule has 0 radical (unpaired) electrons. The third kappa shape index (κ3) is 2.10. The van der Waals surface area contributed by atoms with Crippen LogP contribution in [0, 0.1) is 21.4 Å². The highest BCUT2D eigenvalue weighted by atomic mass is 79.9. The highest BCUT2D eigenvalue weighted by Crippen LogP contribution is 2.35. The van der Waals surface area contributed by atoms with Crippen molar-refractivity contribution in [2.45, 2.75) is 0 Å². The first kappa shape index (κ1) is 12.6. The van der Waals surface area contributed by atoms with Crippen LogP contribution < -0.4 is 0 Å². The van der Waals surface area contributed by atoms with Gasteiger partial charge in [-0.2, -0.15) is 5.26 Å². The molecule has 0 aliphatic heterocycles. The number of aromatic nitrogens is 1. The van der Waals surface area contributed by atoms with Crippen molar-refractivity contribution < 1.29 is 4.92 Å². The molecule has 18 heavy (non-hydrogen) atoms. The summed E-state index contributed by atoms with van der Waals surface area (Å²) in [6.07, 6.45) is 1.20. The van der Waals surface area contributed by atoms with Crippen molar-refractivity contribution in [3.8, 4) is 17.3 Å². The fraction of sp³-hybridized carbons (Fsp3) is 0. The summed E-state index contributed by atoms with van der Waals surface area (Å²) in [6, 6.07) is 6.83. The molecular formula is C11H5BrClN3O2. The van der Waals surface area contributed by atoms with Gasteiger partial charge in [-0.3, -0.25) is 10.1 Å². The zero-order valence-corrected chi connectivity index (χ0v) is 11.1. The molecule has 0 aliphatic rings. The molecule has 0 aliphatic carbocycles. The van der Waals surface area contributed by atoms with Gasteiger partial charge in [-0.05, 0) is 12.1 Å². The molecule has 1 N–H and O–H groups in total. The van der Waals surface area contributed by atoms with Gasteiger partial charge in [0.2, 0.25) is 0 Å². The van der Waals surface area contributed by atoms with Crippen molar-refractivity contribution >= 4 is 33.2 Å². The van der Waals surface area contributed by atoms with Crippen LogP contribution >= 0.6 is 27.5 Å². The van der Waals surface area contributed by atoms with E-state index in [-0.39, 0.29) is 11.3 Å². The SMILES string of the molecule is N#Cc1c([N+](=O)[O-])c[nH]c1-c1ccc(Cl)cc1Br. The van der Waals surface area contributed by atoms with Gasteiger partial charge < -0.3 is 4.98 Å². The summed E-state index contributed by atoms with van der Waals surface area (Å²) < 4.78 is 0.656. The van der Waals surface area contributed by atoms with E-state index in [1.807, 2.05) is 6.07 Å². The van der Waals surface area contributed by atoms with Crippen LogP contribution in [0.1, 0.15) is 5.56 Å². The lowest BCUT2D eigenvalue weighted by Crippen LogP contribution is -1.89. The minimum atomic E-state index is -0.595. The topological polar surface area (TPSA) is 82.7 Å². The molecule has 2 aromatic rings. The Hall–Kier alpha value is -1.84. The molecule has 0 amide bonds. The minimum absolute atomic E-state index is 0.00280. The van der Waals surface area contributed by atoms with Gasteiger partial charge in [-0.15, -0.1) is 0 Å². The average Bonchev–Trinajstić information content (AvgIpc) is 2.72. The normalized spacial score (nSPS) is 10.1. The summed E-state index contributed by atoms with van der Waals surface area (Å²) in [5.74, 6) is 0. The molecule has 0 saturated carbocycles. The van der Waals surface area contributed by atoms with Crippen LogP contribution in [0.15, 0.2) is 28.9 Å². The molecule has 0 atom stereocenters. The lowest BCUT2D eigenvalue weighted by atomic mass is 10.1. The van der Waals surface area contributed by atoms with Crippen molar-refractivity contribution in [2.75, 3.05) is 0 Å². The molecule has 0 unspecified atom stereocenters. The predicted octanol–water partition coefficient (Wildman–Crippen LogP) is 3.88. The Morgan fingerprint density at radius 1 is 1.50 bits per heavy atom. The second-order valence-electron chi connectivity index (χ2n) is 3.42. The lowest BCUT2D eigenvalue weighted by Gasteiger charge is -2.02. The third-order valence-electron chi connectivity index (χ3n) is 2.37. The molecule has 7 heteroatoms. The Balaban J connectivity index is 2.65. The standard InChI is InChI=1S/C11H5BrClN3O2/c12-9-3-6(13)1-2-7(9)11-8(4-14)10(5-15-11)16(17)18/h1-3,5,15H. The second-order valence-corrected chi connectivity index (χ2v) is 4.71. The van der Waals surface area contributed by atoms with Crippen LogP contribution in [-0.4, -0.2) is 9.91 Å². The van der Waals surface area contributed by atoms with Crippen molar-refractivity contribution in [1.29, 1.82) is 5.26 Å². The van der Waals surface area contributed by atoms with Gasteiger partial charge in [0.25, 0.3) is 0 Å². The Morgan fingerprint density at radius 3 is 2.78 bits per heavy atom. The zero-order chi connectivity index (χ0) is 13.3. The summed E-state index contributed by atoms with van der Waals surface area (Å²) in [7, 11) is 0. The minimum Gasteiger partial charge on any atom is -0.354 e. The van der Waals surface area contributed by atoms with Crippen LogP contribution in [0.25, 0.3) is 11.3 Å². The monoisotopic (exact) mass is 325 g/mol. The van der Waals surface area contributed by atoms with E-state index in [4.69, 9.17) is 16.9 Å². The highest BCUT2D eigenvalue weighted by molar-refractivity contribution is 9.10. The number of nitriles is 1. The van der Waals surface area contributed by atoms with Gasteiger partial charge in [-0.25, -0.2) is 0 Å². The Labute approximate surface area is 115 Å². The largest absolute Gasteiger partial charge is 0.354 e. The summed E-state index contributed by atoms with van der Waals surface area (Å²) in [6.45, 7) is 0. The highest BCUT2D eigenvalue weighted by Gasteiger charge is 2.22. The number of nitrogens with one attached hydrogen (secondary N) is 1. The van der Waals surface area contributed by atoms with Crippen molar-refractivity contribution in [3.63, 3.8) is 0 Å². The van der Waals surface area contributed by atoms with E-state index in [0.717, 1.165) is 0 Å². The molecule has 0 bridgehead atoms. The Kier molecular flexibility index (Phi) is 3.36. The maximum Gasteiger partial charge on any atom is 0.305 e. The molecule has 90 valence electrons. The summed E-state index contributed by atoms with van der Waals surface area (Å²) in [4.78, 5) is 12.9. The Morgan fingerprint density at radius 2 is 2.22 bits per heavy atom. The molecule has 2 rings (SSSR count). The van der Waals surface area contributed by atoms with E-state index in [0.29, 0.717) is 20.8 Å². The fourth-order valence-electron chi connectivity index (χ4n) is 1.57. The summed E-state index contributed by atoms with van der Waals surface area (Å²) in [5.41, 5.74) is 0.800. The number of nitrogens with zero attached hydrogens (tertiary/aromatic N) is 2. The molecule has 0 spiro atoms. The van der Waals surface area contributed by atoms with Crippen LogP contribution in [0.3, 0.4) is 0 Å². The lowest BCUT2D eigenvalue weighted by molar-refractivity contribution is -0.385. The Bertz CT molecular complexity index is 675. The van der Waals surface area contributed by atoms with Crippen LogP contribution in [0.4, 0.5) is 5.69 Å². The molecule has 0 fully saturated rings. The maximum absolute atomic E-state index is 10.8. The molecular weight excluding hydrogens is 321 g/mol. The number of nitro groups is 1. The number of H-pyrrole nitrogens is 1.